The van der Waals surface area contributed by atoms with E-state index in [9.17, 15) is 0 Å². The van der Waals surface area contributed by atoms with E-state index in [4.69, 9.17) is 0 Å². The summed E-state index contributed by atoms with van der Waals surface area (Å²) in [5, 5.41) is 3.34. The minimum atomic E-state index is 0.623. The van der Waals surface area contributed by atoms with Gasteiger partial charge in [-0.05, 0) is 41.9 Å². The van der Waals surface area contributed by atoms with Crippen LogP contribution in [0.25, 0.3) is 0 Å². The van der Waals surface area contributed by atoms with Crippen molar-refractivity contribution in [2.75, 3.05) is 13.1 Å². The molecule has 1 saturated heterocycles. The number of halogens is 1. The highest BCUT2D eigenvalue weighted by atomic mass is 79.9. The minimum absolute atomic E-state index is 0.623. The van der Waals surface area contributed by atoms with Gasteiger partial charge in [0.1, 0.15) is 10.4 Å². The summed E-state index contributed by atoms with van der Waals surface area (Å²) in [7, 11) is 0. The molecule has 1 aliphatic heterocycles. The highest BCUT2D eigenvalue weighted by Gasteiger charge is 2.17. The van der Waals surface area contributed by atoms with Gasteiger partial charge in [-0.3, -0.25) is 0 Å². The molecule has 3 nitrogen and oxygen atoms in total. The molecule has 1 fully saturated rings. The molecule has 1 aliphatic rings. The summed E-state index contributed by atoms with van der Waals surface area (Å²) in [6.45, 7) is 2.23. The lowest BCUT2D eigenvalue weighted by molar-refractivity contribution is 0.447. The molecule has 2 heterocycles. The SMILES string of the molecule is Brc1cnc(C2CCNCC2)[nH]1. The van der Waals surface area contributed by atoms with Crippen LogP contribution < -0.4 is 5.32 Å². The number of aromatic nitrogens is 2. The molecule has 0 unspecified atom stereocenters. The molecule has 0 saturated carbocycles. The third kappa shape index (κ3) is 1.69. The normalized spacial score (nSPS) is 19.8. The number of aromatic amines is 1. The molecule has 0 aliphatic carbocycles. The third-order valence-electron chi connectivity index (χ3n) is 2.29. The average molecular weight is 230 g/mol. The fourth-order valence-corrected chi connectivity index (χ4v) is 1.92. The van der Waals surface area contributed by atoms with E-state index in [2.05, 4.69) is 31.2 Å². The molecule has 0 spiro atoms. The van der Waals surface area contributed by atoms with Gasteiger partial charge in [-0.25, -0.2) is 4.98 Å². The molecule has 0 amide bonds. The highest BCUT2D eigenvalue weighted by Crippen LogP contribution is 2.23. The zero-order chi connectivity index (χ0) is 8.39. The van der Waals surface area contributed by atoms with Crippen molar-refractivity contribution in [1.82, 2.24) is 15.3 Å². The van der Waals surface area contributed by atoms with Crippen molar-refractivity contribution in [3.8, 4) is 0 Å². The first-order valence-electron chi connectivity index (χ1n) is 4.27. The van der Waals surface area contributed by atoms with Crippen molar-refractivity contribution in [3.63, 3.8) is 0 Å². The van der Waals surface area contributed by atoms with E-state index in [1.54, 1.807) is 0 Å². The summed E-state index contributed by atoms with van der Waals surface area (Å²) in [5.74, 6) is 1.75. The van der Waals surface area contributed by atoms with E-state index in [1.165, 1.54) is 12.8 Å². The summed E-state index contributed by atoms with van der Waals surface area (Å²) in [6.07, 6.45) is 4.22. The van der Waals surface area contributed by atoms with Crippen LogP contribution in [0.15, 0.2) is 10.8 Å². The molecular weight excluding hydrogens is 218 g/mol. The van der Waals surface area contributed by atoms with Crippen LogP contribution in [-0.4, -0.2) is 23.1 Å². The van der Waals surface area contributed by atoms with Gasteiger partial charge < -0.3 is 10.3 Å². The van der Waals surface area contributed by atoms with Crippen molar-refractivity contribution >= 4 is 15.9 Å². The zero-order valence-corrected chi connectivity index (χ0v) is 8.39. The number of imidazole rings is 1. The average Bonchev–Trinajstić information content (AvgIpc) is 2.54. The first-order chi connectivity index (χ1) is 5.86. The van der Waals surface area contributed by atoms with E-state index in [1.807, 2.05) is 6.20 Å². The van der Waals surface area contributed by atoms with Crippen LogP contribution in [-0.2, 0) is 0 Å². The lowest BCUT2D eigenvalue weighted by atomic mass is 9.98. The Morgan fingerprint density at radius 1 is 1.42 bits per heavy atom. The van der Waals surface area contributed by atoms with Gasteiger partial charge >= 0.3 is 0 Å². The van der Waals surface area contributed by atoms with Crippen molar-refractivity contribution in [3.05, 3.63) is 16.6 Å². The van der Waals surface area contributed by atoms with Gasteiger partial charge in [0.25, 0.3) is 0 Å². The van der Waals surface area contributed by atoms with E-state index in [0.717, 1.165) is 23.5 Å². The van der Waals surface area contributed by atoms with Gasteiger partial charge in [0, 0.05) is 5.92 Å². The number of piperidine rings is 1. The first kappa shape index (κ1) is 8.26. The summed E-state index contributed by atoms with van der Waals surface area (Å²) < 4.78 is 0.982. The van der Waals surface area contributed by atoms with E-state index >= 15 is 0 Å². The van der Waals surface area contributed by atoms with E-state index in [-0.39, 0.29) is 0 Å². The molecule has 2 rings (SSSR count). The molecule has 0 bridgehead atoms. The topological polar surface area (TPSA) is 40.7 Å². The Hall–Kier alpha value is -0.350. The summed E-state index contributed by atoms with van der Waals surface area (Å²) in [6, 6.07) is 0. The van der Waals surface area contributed by atoms with E-state index in [0.29, 0.717) is 5.92 Å². The monoisotopic (exact) mass is 229 g/mol. The zero-order valence-electron chi connectivity index (χ0n) is 6.81. The van der Waals surface area contributed by atoms with Crippen molar-refractivity contribution in [1.29, 1.82) is 0 Å². The van der Waals surface area contributed by atoms with Crippen molar-refractivity contribution < 1.29 is 0 Å². The van der Waals surface area contributed by atoms with Gasteiger partial charge in [-0.15, -0.1) is 0 Å². The summed E-state index contributed by atoms with van der Waals surface area (Å²) in [4.78, 5) is 7.53. The van der Waals surface area contributed by atoms with Crippen LogP contribution in [0.4, 0.5) is 0 Å². The molecule has 4 heteroatoms. The molecule has 2 N–H and O–H groups in total. The first-order valence-corrected chi connectivity index (χ1v) is 5.06. The van der Waals surface area contributed by atoms with Crippen LogP contribution in [0.2, 0.25) is 0 Å². The number of hydrogen-bond acceptors (Lipinski definition) is 2. The Morgan fingerprint density at radius 2 is 2.17 bits per heavy atom. The number of H-pyrrole nitrogens is 1. The Morgan fingerprint density at radius 3 is 2.75 bits per heavy atom. The molecule has 0 aromatic carbocycles. The maximum absolute atomic E-state index is 4.31. The lowest BCUT2D eigenvalue weighted by Gasteiger charge is -2.20. The Kier molecular flexibility index (Phi) is 2.46. The van der Waals surface area contributed by atoms with E-state index < -0.39 is 0 Å². The van der Waals surface area contributed by atoms with Gasteiger partial charge in [-0.1, -0.05) is 0 Å². The second-order valence-electron chi connectivity index (χ2n) is 3.14. The molecule has 1 aromatic rings. The van der Waals surface area contributed by atoms with Crippen molar-refractivity contribution in [2.45, 2.75) is 18.8 Å². The molecule has 0 atom stereocenters. The lowest BCUT2D eigenvalue weighted by Crippen LogP contribution is -2.27. The van der Waals surface area contributed by atoms with Crippen LogP contribution >= 0.6 is 15.9 Å². The fourth-order valence-electron chi connectivity index (χ4n) is 1.62. The Balaban J connectivity index is 2.08. The highest BCUT2D eigenvalue weighted by molar-refractivity contribution is 9.10. The standard InChI is InChI=1S/C8H12BrN3/c9-7-5-11-8(12-7)6-1-3-10-4-2-6/h5-6,10H,1-4H2,(H,11,12). The Bertz CT molecular complexity index is 253. The molecule has 1 aromatic heterocycles. The Labute approximate surface area is 80.1 Å². The van der Waals surface area contributed by atoms with Crippen LogP contribution in [0.1, 0.15) is 24.6 Å². The maximum Gasteiger partial charge on any atom is 0.110 e. The number of nitrogens with zero attached hydrogens (tertiary/aromatic N) is 1. The molecular formula is C8H12BrN3. The van der Waals surface area contributed by atoms with Gasteiger partial charge in [0.15, 0.2) is 0 Å². The predicted molar refractivity (Wildman–Crippen MR) is 51.1 cm³/mol. The molecule has 66 valence electrons. The van der Waals surface area contributed by atoms with Crippen molar-refractivity contribution in [2.24, 2.45) is 0 Å². The largest absolute Gasteiger partial charge is 0.337 e. The smallest absolute Gasteiger partial charge is 0.110 e. The second-order valence-corrected chi connectivity index (χ2v) is 3.99. The van der Waals surface area contributed by atoms with Crippen LogP contribution in [0.3, 0.4) is 0 Å². The van der Waals surface area contributed by atoms with Gasteiger partial charge in [0.2, 0.25) is 0 Å². The number of nitrogens with one attached hydrogen (secondary N) is 2. The molecule has 12 heavy (non-hydrogen) atoms. The van der Waals surface area contributed by atoms with Gasteiger partial charge in [0.05, 0.1) is 6.20 Å². The van der Waals surface area contributed by atoms with Crippen LogP contribution in [0.5, 0.6) is 0 Å². The minimum Gasteiger partial charge on any atom is -0.337 e. The second kappa shape index (κ2) is 3.58. The van der Waals surface area contributed by atoms with Crippen LogP contribution in [0, 0.1) is 0 Å². The maximum atomic E-state index is 4.31. The molecule has 0 radical (unpaired) electrons. The van der Waals surface area contributed by atoms with Gasteiger partial charge in [-0.2, -0.15) is 0 Å². The number of rotatable bonds is 1. The number of hydrogen-bond donors (Lipinski definition) is 2. The quantitative estimate of drug-likeness (QED) is 0.769. The summed E-state index contributed by atoms with van der Waals surface area (Å²) >= 11 is 3.37. The third-order valence-corrected chi connectivity index (χ3v) is 2.69. The fraction of sp³-hybridized carbons (Fsp3) is 0.625. The predicted octanol–water partition coefficient (Wildman–Crippen LogP) is 1.64. The summed E-state index contributed by atoms with van der Waals surface area (Å²) in [5.41, 5.74) is 0.